The topological polar surface area (TPSA) is 86.5 Å². The van der Waals surface area contributed by atoms with E-state index in [-0.39, 0.29) is 12.5 Å². The summed E-state index contributed by atoms with van der Waals surface area (Å²) in [7, 11) is 0. The summed E-state index contributed by atoms with van der Waals surface area (Å²) in [6.07, 6.45) is 0. The van der Waals surface area contributed by atoms with E-state index in [1.165, 1.54) is 11.3 Å². The molecule has 1 aliphatic heterocycles. The van der Waals surface area contributed by atoms with E-state index in [1.807, 2.05) is 25.1 Å². The van der Waals surface area contributed by atoms with Crippen LogP contribution in [0.15, 0.2) is 18.2 Å². The van der Waals surface area contributed by atoms with Crippen molar-refractivity contribution in [3.63, 3.8) is 0 Å². The Bertz CT molecular complexity index is 684. The van der Waals surface area contributed by atoms with Crippen LogP contribution >= 0.6 is 11.3 Å². The number of aryl methyl sites for hydroxylation is 1. The van der Waals surface area contributed by atoms with Crippen LogP contribution in [0.1, 0.15) is 4.88 Å². The molecule has 2 heterocycles. The summed E-state index contributed by atoms with van der Waals surface area (Å²) in [5.74, 6) is 1.21. The predicted octanol–water partition coefficient (Wildman–Crippen LogP) is 1.79. The fourth-order valence-electron chi connectivity index (χ4n) is 2.08. The number of carbonyl (C=O) groups excluding carboxylic acids is 1. The third-order valence-electron chi connectivity index (χ3n) is 3.04. The molecule has 0 saturated heterocycles. The number of hydrogen-bond acceptors (Lipinski definition) is 6. The number of amides is 1. The van der Waals surface area contributed by atoms with Crippen LogP contribution in [0.4, 0.5) is 5.13 Å². The summed E-state index contributed by atoms with van der Waals surface area (Å²) in [5.41, 5.74) is 7.04. The number of ether oxygens (including phenoxy) is 2. The first-order valence-electron chi connectivity index (χ1n) is 6.55. The minimum absolute atomic E-state index is 0.0576. The molecule has 7 heteroatoms. The van der Waals surface area contributed by atoms with Crippen molar-refractivity contribution in [2.75, 3.05) is 25.1 Å². The number of carbonyl (C=O) groups is 1. The normalized spacial score (nSPS) is 13.0. The van der Waals surface area contributed by atoms with Gasteiger partial charge in [0, 0.05) is 10.4 Å². The Morgan fingerprint density at radius 1 is 1.38 bits per heavy atom. The standard InChI is InChI=1S/C14H15N3O3S/c1-8-13(17-14(21-8)16-12(18)7-15)9-2-3-10-11(6-9)20-5-4-19-10/h2-3,6H,4-5,7,15H2,1H3,(H,16,17,18). The summed E-state index contributed by atoms with van der Waals surface area (Å²) in [6, 6.07) is 5.72. The van der Waals surface area contributed by atoms with Crippen molar-refractivity contribution < 1.29 is 14.3 Å². The van der Waals surface area contributed by atoms with Crippen LogP contribution in [-0.4, -0.2) is 30.6 Å². The SMILES string of the molecule is Cc1sc(NC(=O)CN)nc1-c1ccc2c(c1)OCCO2. The quantitative estimate of drug-likeness (QED) is 0.903. The molecule has 6 nitrogen and oxygen atoms in total. The Hall–Kier alpha value is -2.12. The van der Waals surface area contributed by atoms with Crippen LogP contribution in [0.25, 0.3) is 11.3 Å². The maximum Gasteiger partial charge on any atom is 0.239 e. The van der Waals surface area contributed by atoms with Gasteiger partial charge in [0.2, 0.25) is 5.91 Å². The number of nitrogens with one attached hydrogen (secondary N) is 1. The first kappa shape index (κ1) is 13.8. The van der Waals surface area contributed by atoms with Crippen molar-refractivity contribution in [3.05, 3.63) is 23.1 Å². The van der Waals surface area contributed by atoms with Gasteiger partial charge < -0.3 is 20.5 Å². The molecule has 0 fully saturated rings. The maximum atomic E-state index is 11.3. The fourth-order valence-corrected chi connectivity index (χ4v) is 2.93. The number of nitrogens with zero attached hydrogens (tertiary/aromatic N) is 1. The van der Waals surface area contributed by atoms with Gasteiger partial charge in [-0.2, -0.15) is 0 Å². The van der Waals surface area contributed by atoms with Gasteiger partial charge in [-0.25, -0.2) is 4.98 Å². The summed E-state index contributed by atoms with van der Waals surface area (Å²) in [5, 5.41) is 3.22. The van der Waals surface area contributed by atoms with Crippen molar-refractivity contribution >= 4 is 22.4 Å². The summed E-state index contributed by atoms with van der Waals surface area (Å²) >= 11 is 1.42. The lowest BCUT2D eigenvalue weighted by Crippen LogP contribution is -2.21. The number of rotatable bonds is 3. The van der Waals surface area contributed by atoms with Crippen molar-refractivity contribution in [3.8, 4) is 22.8 Å². The molecule has 0 aliphatic carbocycles. The van der Waals surface area contributed by atoms with Crippen LogP contribution in [0.2, 0.25) is 0 Å². The van der Waals surface area contributed by atoms with Gasteiger partial charge in [-0.15, -0.1) is 11.3 Å². The zero-order chi connectivity index (χ0) is 14.8. The average molecular weight is 305 g/mol. The number of fused-ring (bicyclic) bond motifs is 1. The number of hydrogen-bond donors (Lipinski definition) is 2. The largest absolute Gasteiger partial charge is 0.486 e. The molecule has 3 N–H and O–H groups in total. The number of thiazole rings is 1. The first-order valence-corrected chi connectivity index (χ1v) is 7.36. The van der Waals surface area contributed by atoms with Gasteiger partial charge in [0.05, 0.1) is 12.2 Å². The Balaban J connectivity index is 1.91. The summed E-state index contributed by atoms with van der Waals surface area (Å²) in [6.45, 7) is 3.02. The molecular formula is C14H15N3O3S. The van der Waals surface area contributed by atoms with Crippen LogP contribution in [0.3, 0.4) is 0 Å². The monoisotopic (exact) mass is 305 g/mol. The first-order chi connectivity index (χ1) is 10.2. The van der Waals surface area contributed by atoms with Crippen molar-refractivity contribution in [1.29, 1.82) is 0 Å². The minimum atomic E-state index is -0.252. The van der Waals surface area contributed by atoms with E-state index in [1.54, 1.807) is 0 Å². The zero-order valence-corrected chi connectivity index (χ0v) is 12.3. The van der Waals surface area contributed by atoms with Crippen molar-refractivity contribution in [2.45, 2.75) is 6.92 Å². The van der Waals surface area contributed by atoms with Gasteiger partial charge in [-0.1, -0.05) is 0 Å². The lowest BCUT2D eigenvalue weighted by Gasteiger charge is -2.18. The number of aromatic nitrogens is 1. The lowest BCUT2D eigenvalue weighted by atomic mass is 10.1. The van der Waals surface area contributed by atoms with Gasteiger partial charge in [-0.3, -0.25) is 4.79 Å². The molecule has 0 atom stereocenters. The van der Waals surface area contributed by atoms with Crippen LogP contribution in [0.5, 0.6) is 11.5 Å². The molecule has 110 valence electrons. The van der Waals surface area contributed by atoms with Crippen molar-refractivity contribution in [1.82, 2.24) is 4.98 Å². The van der Waals surface area contributed by atoms with E-state index >= 15 is 0 Å². The van der Waals surface area contributed by atoms with E-state index in [4.69, 9.17) is 15.2 Å². The summed E-state index contributed by atoms with van der Waals surface area (Å²) in [4.78, 5) is 16.8. The summed E-state index contributed by atoms with van der Waals surface area (Å²) < 4.78 is 11.1. The molecule has 1 amide bonds. The molecule has 0 radical (unpaired) electrons. The molecule has 1 aromatic carbocycles. The van der Waals surface area contributed by atoms with E-state index < -0.39 is 0 Å². The lowest BCUT2D eigenvalue weighted by molar-refractivity contribution is -0.114. The van der Waals surface area contributed by atoms with Crippen LogP contribution in [-0.2, 0) is 4.79 Å². The second-order valence-corrected chi connectivity index (χ2v) is 5.74. The van der Waals surface area contributed by atoms with Gasteiger partial charge in [0.25, 0.3) is 0 Å². The molecule has 1 aliphatic rings. The maximum absolute atomic E-state index is 11.3. The average Bonchev–Trinajstić information content (AvgIpc) is 2.87. The van der Waals surface area contributed by atoms with Crippen molar-refractivity contribution in [2.24, 2.45) is 5.73 Å². The molecule has 1 aromatic heterocycles. The zero-order valence-electron chi connectivity index (χ0n) is 11.5. The van der Waals surface area contributed by atoms with Gasteiger partial charge in [-0.05, 0) is 25.1 Å². The van der Waals surface area contributed by atoms with E-state index in [0.29, 0.717) is 18.3 Å². The molecule has 21 heavy (non-hydrogen) atoms. The molecule has 0 saturated carbocycles. The van der Waals surface area contributed by atoms with Gasteiger partial charge >= 0.3 is 0 Å². The van der Waals surface area contributed by atoms with Crippen LogP contribution < -0.4 is 20.5 Å². The molecule has 0 bridgehead atoms. The Labute approximate surface area is 125 Å². The molecular weight excluding hydrogens is 290 g/mol. The second-order valence-electron chi connectivity index (χ2n) is 4.53. The Kier molecular flexibility index (Phi) is 3.76. The fraction of sp³-hybridized carbons (Fsp3) is 0.286. The number of anilines is 1. The van der Waals surface area contributed by atoms with Crippen LogP contribution in [0, 0.1) is 6.92 Å². The van der Waals surface area contributed by atoms with E-state index in [9.17, 15) is 4.79 Å². The van der Waals surface area contributed by atoms with E-state index in [2.05, 4.69) is 10.3 Å². The van der Waals surface area contributed by atoms with Gasteiger partial charge in [0.1, 0.15) is 13.2 Å². The smallest absolute Gasteiger partial charge is 0.239 e. The number of benzene rings is 1. The van der Waals surface area contributed by atoms with Gasteiger partial charge in [0.15, 0.2) is 16.6 Å². The highest BCUT2D eigenvalue weighted by atomic mass is 32.1. The molecule has 3 rings (SSSR count). The Morgan fingerprint density at radius 3 is 2.90 bits per heavy atom. The molecule has 2 aromatic rings. The third-order valence-corrected chi connectivity index (χ3v) is 3.93. The van der Waals surface area contributed by atoms with E-state index in [0.717, 1.165) is 27.6 Å². The predicted molar refractivity (Wildman–Crippen MR) is 81.0 cm³/mol. The Morgan fingerprint density at radius 2 is 2.14 bits per heavy atom. The molecule has 0 spiro atoms. The highest BCUT2D eigenvalue weighted by molar-refractivity contribution is 7.16. The minimum Gasteiger partial charge on any atom is -0.486 e. The third kappa shape index (κ3) is 2.84. The highest BCUT2D eigenvalue weighted by Crippen LogP contribution is 2.37. The number of nitrogens with two attached hydrogens (primary N) is 1. The highest BCUT2D eigenvalue weighted by Gasteiger charge is 2.16. The molecule has 0 unspecified atom stereocenters. The second kappa shape index (κ2) is 5.71.